The first-order valence-corrected chi connectivity index (χ1v) is 9.49. The maximum absolute atomic E-state index is 12.6. The van der Waals surface area contributed by atoms with Crippen LogP contribution in [0.5, 0.6) is 0 Å². The molecule has 1 amide bonds. The van der Waals surface area contributed by atoms with Crippen LogP contribution in [-0.2, 0) is 11.2 Å². The lowest BCUT2D eigenvalue weighted by molar-refractivity contribution is 0.0667. The van der Waals surface area contributed by atoms with Gasteiger partial charge in [0, 0.05) is 41.3 Å². The monoisotopic (exact) mass is 368 g/mol. The Bertz CT molecular complexity index is 934. The van der Waals surface area contributed by atoms with Crippen LogP contribution in [0.1, 0.15) is 28.2 Å². The van der Waals surface area contributed by atoms with E-state index >= 15 is 0 Å². The summed E-state index contributed by atoms with van der Waals surface area (Å²) in [6, 6.07) is 7.62. The standard InChI is InChI=1S/C19H20N4O2S/c20-16-15-4-2-1-3-13(15)10-21-17(16)18(24)23-19-22-11-14(26-19)9-12-5-7-25-8-6-12/h1-4,10-12H,5-9,20H2,(H,22,23,24). The molecule has 1 aliphatic heterocycles. The Morgan fingerprint density at radius 3 is 2.88 bits per heavy atom. The summed E-state index contributed by atoms with van der Waals surface area (Å²) in [6.07, 6.45) is 6.65. The number of benzene rings is 1. The lowest BCUT2D eigenvalue weighted by Gasteiger charge is -2.20. The lowest BCUT2D eigenvalue weighted by Crippen LogP contribution is -2.17. The molecular formula is C19H20N4O2S. The smallest absolute Gasteiger partial charge is 0.278 e. The number of amides is 1. The normalized spacial score (nSPS) is 15.2. The molecule has 7 heteroatoms. The summed E-state index contributed by atoms with van der Waals surface area (Å²) in [4.78, 5) is 22.3. The van der Waals surface area contributed by atoms with E-state index in [-0.39, 0.29) is 11.6 Å². The summed E-state index contributed by atoms with van der Waals surface area (Å²) in [5.74, 6) is 0.297. The number of pyridine rings is 1. The fourth-order valence-electron chi connectivity index (χ4n) is 3.22. The van der Waals surface area contributed by atoms with E-state index in [1.54, 1.807) is 6.20 Å². The van der Waals surface area contributed by atoms with Gasteiger partial charge in [0.25, 0.3) is 5.91 Å². The number of fused-ring (bicyclic) bond motifs is 1. The van der Waals surface area contributed by atoms with Crippen molar-refractivity contribution in [2.75, 3.05) is 24.3 Å². The number of nitrogens with two attached hydrogens (primary N) is 1. The van der Waals surface area contributed by atoms with Crippen molar-refractivity contribution in [3.8, 4) is 0 Å². The molecule has 3 aromatic rings. The van der Waals surface area contributed by atoms with Gasteiger partial charge in [0.1, 0.15) is 0 Å². The summed E-state index contributed by atoms with van der Waals surface area (Å²) < 4.78 is 5.40. The van der Waals surface area contributed by atoms with Crippen molar-refractivity contribution in [1.82, 2.24) is 9.97 Å². The predicted molar refractivity (Wildman–Crippen MR) is 103 cm³/mol. The van der Waals surface area contributed by atoms with Crippen LogP contribution in [0.2, 0.25) is 0 Å². The van der Waals surface area contributed by atoms with Gasteiger partial charge in [0.15, 0.2) is 10.8 Å². The SMILES string of the molecule is Nc1c(C(=O)Nc2ncc(CC3CCOCC3)s2)ncc2ccccc12. The molecule has 0 aliphatic carbocycles. The molecule has 3 heterocycles. The van der Waals surface area contributed by atoms with E-state index < -0.39 is 0 Å². The Hall–Kier alpha value is -2.51. The van der Waals surface area contributed by atoms with E-state index in [2.05, 4.69) is 15.3 Å². The zero-order valence-electron chi connectivity index (χ0n) is 14.3. The number of nitrogens with one attached hydrogen (secondary N) is 1. The van der Waals surface area contributed by atoms with E-state index in [9.17, 15) is 4.79 Å². The van der Waals surface area contributed by atoms with Gasteiger partial charge in [-0.3, -0.25) is 10.1 Å². The Morgan fingerprint density at radius 2 is 2.04 bits per heavy atom. The molecule has 0 unspecified atom stereocenters. The van der Waals surface area contributed by atoms with Gasteiger partial charge in [0.05, 0.1) is 5.69 Å². The number of thiazole rings is 1. The van der Waals surface area contributed by atoms with Gasteiger partial charge in [-0.25, -0.2) is 9.97 Å². The number of hydrogen-bond donors (Lipinski definition) is 2. The number of anilines is 2. The van der Waals surface area contributed by atoms with Crippen LogP contribution in [0.15, 0.2) is 36.7 Å². The average molecular weight is 368 g/mol. The molecular weight excluding hydrogens is 348 g/mol. The van der Waals surface area contributed by atoms with Crippen molar-refractivity contribution >= 4 is 38.8 Å². The van der Waals surface area contributed by atoms with Gasteiger partial charge >= 0.3 is 0 Å². The first kappa shape index (κ1) is 16.9. The van der Waals surface area contributed by atoms with Crippen LogP contribution in [0.4, 0.5) is 10.8 Å². The Kier molecular flexibility index (Phi) is 4.81. The summed E-state index contributed by atoms with van der Waals surface area (Å²) in [6.45, 7) is 1.67. The molecule has 0 bridgehead atoms. The molecule has 0 radical (unpaired) electrons. The minimum absolute atomic E-state index is 0.227. The van der Waals surface area contributed by atoms with Gasteiger partial charge in [0.2, 0.25) is 0 Å². The first-order chi connectivity index (χ1) is 12.7. The van der Waals surface area contributed by atoms with E-state index in [4.69, 9.17) is 10.5 Å². The fraction of sp³-hybridized carbons (Fsp3) is 0.316. The topological polar surface area (TPSA) is 90.1 Å². The third-order valence-electron chi connectivity index (χ3n) is 4.66. The fourth-order valence-corrected chi connectivity index (χ4v) is 4.14. The highest BCUT2D eigenvalue weighted by Gasteiger charge is 2.18. The summed E-state index contributed by atoms with van der Waals surface area (Å²) in [5, 5.41) is 5.14. The van der Waals surface area contributed by atoms with Crippen molar-refractivity contribution < 1.29 is 9.53 Å². The van der Waals surface area contributed by atoms with Crippen LogP contribution in [0, 0.1) is 5.92 Å². The molecule has 0 spiro atoms. The molecule has 2 aromatic heterocycles. The van der Waals surface area contributed by atoms with Gasteiger partial charge in [-0.05, 0) is 25.2 Å². The molecule has 1 saturated heterocycles. The largest absolute Gasteiger partial charge is 0.396 e. The van der Waals surface area contributed by atoms with E-state index in [0.717, 1.165) is 43.2 Å². The molecule has 0 atom stereocenters. The first-order valence-electron chi connectivity index (χ1n) is 8.68. The number of carbonyl (C=O) groups is 1. The lowest BCUT2D eigenvalue weighted by atomic mass is 9.96. The highest BCUT2D eigenvalue weighted by Crippen LogP contribution is 2.27. The average Bonchev–Trinajstić information content (AvgIpc) is 3.09. The number of ether oxygens (including phenoxy) is 1. The third kappa shape index (κ3) is 3.54. The number of aromatic nitrogens is 2. The zero-order valence-corrected chi connectivity index (χ0v) is 15.1. The molecule has 4 rings (SSSR count). The van der Waals surface area contributed by atoms with Crippen molar-refractivity contribution in [3.05, 3.63) is 47.2 Å². The molecule has 1 aliphatic rings. The van der Waals surface area contributed by atoms with Gasteiger partial charge in [-0.15, -0.1) is 11.3 Å². The van der Waals surface area contributed by atoms with Gasteiger partial charge in [-0.2, -0.15) is 0 Å². The van der Waals surface area contributed by atoms with Crippen LogP contribution >= 0.6 is 11.3 Å². The highest BCUT2D eigenvalue weighted by molar-refractivity contribution is 7.15. The van der Waals surface area contributed by atoms with Crippen LogP contribution in [0.25, 0.3) is 10.8 Å². The maximum Gasteiger partial charge on any atom is 0.278 e. The van der Waals surface area contributed by atoms with Crippen molar-refractivity contribution in [1.29, 1.82) is 0 Å². The molecule has 26 heavy (non-hydrogen) atoms. The Morgan fingerprint density at radius 1 is 1.23 bits per heavy atom. The van der Waals surface area contributed by atoms with Crippen molar-refractivity contribution in [2.24, 2.45) is 5.92 Å². The minimum atomic E-state index is -0.333. The van der Waals surface area contributed by atoms with Crippen LogP contribution in [0.3, 0.4) is 0 Å². The number of nitrogens with zero attached hydrogens (tertiary/aromatic N) is 2. The van der Waals surface area contributed by atoms with Crippen molar-refractivity contribution in [2.45, 2.75) is 19.3 Å². The van der Waals surface area contributed by atoms with Crippen LogP contribution in [-0.4, -0.2) is 29.1 Å². The third-order valence-corrected chi connectivity index (χ3v) is 5.59. The van der Waals surface area contributed by atoms with E-state index in [1.807, 2.05) is 30.5 Å². The number of rotatable bonds is 4. The number of carbonyl (C=O) groups excluding carboxylic acids is 1. The minimum Gasteiger partial charge on any atom is -0.396 e. The van der Waals surface area contributed by atoms with E-state index in [1.165, 1.54) is 16.2 Å². The quantitative estimate of drug-likeness (QED) is 0.736. The maximum atomic E-state index is 12.6. The van der Waals surface area contributed by atoms with E-state index in [0.29, 0.717) is 16.7 Å². The Labute approximate surface area is 155 Å². The molecule has 134 valence electrons. The summed E-state index contributed by atoms with van der Waals surface area (Å²) in [7, 11) is 0. The van der Waals surface area contributed by atoms with Gasteiger partial charge in [-0.1, -0.05) is 24.3 Å². The molecule has 6 nitrogen and oxygen atoms in total. The molecule has 0 saturated carbocycles. The second kappa shape index (κ2) is 7.39. The van der Waals surface area contributed by atoms with Crippen LogP contribution < -0.4 is 11.1 Å². The number of nitrogen functional groups attached to an aromatic ring is 1. The molecule has 3 N–H and O–H groups in total. The zero-order chi connectivity index (χ0) is 17.9. The molecule has 1 aromatic carbocycles. The predicted octanol–water partition coefficient (Wildman–Crippen LogP) is 3.49. The second-order valence-electron chi connectivity index (χ2n) is 6.45. The Balaban J connectivity index is 1.47. The van der Waals surface area contributed by atoms with Gasteiger partial charge < -0.3 is 10.5 Å². The molecule has 1 fully saturated rings. The highest BCUT2D eigenvalue weighted by atomic mass is 32.1. The summed E-state index contributed by atoms with van der Waals surface area (Å²) in [5.41, 5.74) is 6.77. The summed E-state index contributed by atoms with van der Waals surface area (Å²) >= 11 is 1.51. The number of hydrogen-bond acceptors (Lipinski definition) is 6. The second-order valence-corrected chi connectivity index (χ2v) is 7.57. The van der Waals surface area contributed by atoms with Crippen molar-refractivity contribution in [3.63, 3.8) is 0 Å².